The molecule has 0 spiro atoms. The maximum Gasteiger partial charge on any atom is 0.269 e. The molecule has 0 radical (unpaired) electrons. The molecule has 0 unspecified atom stereocenters. The van der Waals surface area contributed by atoms with Crippen molar-refractivity contribution in [2.45, 2.75) is 49.0 Å². The first kappa shape index (κ1) is 24.3. The first-order chi connectivity index (χ1) is 17.8. The summed E-state index contributed by atoms with van der Waals surface area (Å²) in [5.41, 5.74) is 3.53. The fraction of sp³-hybridized carbons (Fsp3) is 0.429. The Morgan fingerprint density at radius 3 is 2.43 bits per heavy atom. The first-order valence-electron chi connectivity index (χ1n) is 13.0. The third-order valence-electron chi connectivity index (χ3n) is 8.26. The fourth-order valence-electron chi connectivity index (χ4n) is 5.99. The normalized spacial score (nSPS) is 23.5. The van der Waals surface area contributed by atoms with Gasteiger partial charge in [0.05, 0.1) is 24.3 Å². The summed E-state index contributed by atoms with van der Waals surface area (Å²) in [4.78, 5) is 7.60. The highest BCUT2D eigenvalue weighted by Crippen LogP contribution is 2.42. The number of benzene rings is 1. The Morgan fingerprint density at radius 2 is 1.76 bits per heavy atom. The van der Waals surface area contributed by atoms with Crippen LogP contribution in [0.5, 0.6) is 0 Å². The highest BCUT2D eigenvalue weighted by molar-refractivity contribution is 7.90. The number of aromatic nitrogens is 4. The molecular formula is C28H33N5O3S. The van der Waals surface area contributed by atoms with E-state index in [1.54, 1.807) is 41.3 Å². The zero-order chi connectivity index (χ0) is 25.6. The molecule has 37 heavy (non-hydrogen) atoms. The molecule has 4 aromatic rings. The van der Waals surface area contributed by atoms with E-state index in [9.17, 15) is 8.42 Å². The van der Waals surface area contributed by atoms with Gasteiger partial charge in [0, 0.05) is 60.8 Å². The molecule has 0 amide bonds. The summed E-state index contributed by atoms with van der Waals surface area (Å²) in [5, 5.41) is 5.17. The van der Waals surface area contributed by atoms with Gasteiger partial charge in [-0.1, -0.05) is 18.2 Å². The second-order valence-corrected chi connectivity index (χ2v) is 12.4. The highest BCUT2D eigenvalue weighted by Gasteiger charge is 2.37. The predicted octanol–water partition coefficient (Wildman–Crippen LogP) is 4.42. The molecule has 3 aromatic heterocycles. The smallest absolute Gasteiger partial charge is 0.269 e. The third kappa shape index (κ3) is 4.39. The van der Waals surface area contributed by atoms with E-state index in [4.69, 9.17) is 9.72 Å². The molecule has 0 atom stereocenters. The van der Waals surface area contributed by atoms with Gasteiger partial charge in [-0.25, -0.2) is 17.4 Å². The van der Waals surface area contributed by atoms with Gasteiger partial charge in [0.2, 0.25) is 0 Å². The number of nitrogens with zero attached hydrogens (tertiary/aromatic N) is 5. The van der Waals surface area contributed by atoms with Crippen LogP contribution in [0, 0.1) is 0 Å². The zero-order valence-electron chi connectivity index (χ0n) is 21.4. The summed E-state index contributed by atoms with van der Waals surface area (Å²) >= 11 is 0. The quantitative estimate of drug-likeness (QED) is 0.388. The van der Waals surface area contributed by atoms with Crippen LogP contribution in [0.3, 0.4) is 0 Å². The number of rotatable bonds is 5. The highest BCUT2D eigenvalue weighted by atomic mass is 32.2. The van der Waals surface area contributed by atoms with Gasteiger partial charge >= 0.3 is 0 Å². The molecule has 0 N–H and O–H groups in total. The molecule has 0 bridgehead atoms. The van der Waals surface area contributed by atoms with Crippen molar-refractivity contribution in [3.8, 4) is 11.1 Å². The summed E-state index contributed by atoms with van der Waals surface area (Å²) in [6.07, 6.45) is 11.7. The number of hydrogen-bond donors (Lipinski definition) is 0. The lowest BCUT2D eigenvalue weighted by molar-refractivity contribution is -0.0314. The summed E-state index contributed by atoms with van der Waals surface area (Å²) in [6.45, 7) is 6.05. The molecule has 1 aliphatic carbocycles. The number of morpholine rings is 1. The van der Waals surface area contributed by atoms with Crippen molar-refractivity contribution in [1.29, 1.82) is 0 Å². The minimum Gasteiger partial charge on any atom is -0.379 e. The van der Waals surface area contributed by atoms with Crippen LogP contribution < -0.4 is 0 Å². The van der Waals surface area contributed by atoms with Crippen LogP contribution >= 0.6 is 0 Å². The molecule has 2 fully saturated rings. The van der Waals surface area contributed by atoms with Crippen LogP contribution in [0.4, 0.5) is 0 Å². The summed E-state index contributed by atoms with van der Waals surface area (Å²) < 4.78 is 35.8. The largest absolute Gasteiger partial charge is 0.379 e. The molecule has 6 rings (SSSR count). The van der Waals surface area contributed by atoms with Crippen LogP contribution in [0.2, 0.25) is 0 Å². The minimum atomic E-state index is -3.80. The Hall–Kier alpha value is -3.01. The maximum atomic E-state index is 13.6. The Kier molecular flexibility index (Phi) is 6.17. The average Bonchev–Trinajstić information content (AvgIpc) is 3.53. The Bertz CT molecular complexity index is 1510. The number of hydrogen-bond acceptors (Lipinski definition) is 6. The van der Waals surface area contributed by atoms with Crippen molar-refractivity contribution >= 4 is 21.1 Å². The van der Waals surface area contributed by atoms with E-state index in [2.05, 4.69) is 23.0 Å². The molecule has 1 saturated carbocycles. The lowest BCUT2D eigenvalue weighted by atomic mass is 9.74. The van der Waals surface area contributed by atoms with Gasteiger partial charge in [-0.2, -0.15) is 5.10 Å². The van der Waals surface area contributed by atoms with Crippen molar-refractivity contribution in [2.24, 2.45) is 7.05 Å². The molecule has 8 nitrogen and oxygen atoms in total. The molecule has 1 aromatic carbocycles. The topological polar surface area (TPSA) is 82.2 Å². The standard InChI is InChI=1S/C28H33N5O3S/c1-28(32-12-14-36-15-13-32)10-8-21(9-11-28)22-16-25-26(23-18-30-31(2)19-23)20-33(27(25)29-17-22)37(34,35)24-6-4-3-5-7-24/h3-7,16-21H,8-15H2,1-2H3/t21-,28-. The number of fused-ring (bicyclic) bond motifs is 1. The number of aryl methyl sites for hydroxylation is 1. The van der Waals surface area contributed by atoms with E-state index in [0.29, 0.717) is 11.6 Å². The third-order valence-corrected chi connectivity index (χ3v) is 9.92. The summed E-state index contributed by atoms with van der Waals surface area (Å²) in [7, 11) is -1.94. The van der Waals surface area contributed by atoms with Gasteiger partial charge in [0.25, 0.3) is 10.0 Å². The van der Waals surface area contributed by atoms with Crippen molar-refractivity contribution in [3.63, 3.8) is 0 Å². The van der Waals surface area contributed by atoms with Crippen LogP contribution in [-0.4, -0.2) is 63.9 Å². The van der Waals surface area contributed by atoms with Crippen molar-refractivity contribution in [1.82, 2.24) is 23.6 Å². The monoisotopic (exact) mass is 519 g/mol. The van der Waals surface area contributed by atoms with E-state index >= 15 is 0 Å². The van der Waals surface area contributed by atoms with Gasteiger partial charge in [-0.05, 0) is 62.3 Å². The molecule has 9 heteroatoms. The van der Waals surface area contributed by atoms with E-state index in [1.165, 1.54) is 9.54 Å². The van der Waals surface area contributed by atoms with Gasteiger partial charge in [0.1, 0.15) is 0 Å². The van der Waals surface area contributed by atoms with Crippen molar-refractivity contribution in [2.75, 3.05) is 26.3 Å². The molecule has 194 valence electrons. The van der Waals surface area contributed by atoms with Gasteiger partial charge in [0.15, 0.2) is 5.65 Å². The lowest BCUT2D eigenvalue weighted by Gasteiger charge is -2.47. The molecule has 1 aliphatic heterocycles. The second-order valence-electron chi connectivity index (χ2n) is 10.6. The Labute approximate surface area is 217 Å². The molecule has 4 heterocycles. The van der Waals surface area contributed by atoms with E-state index in [1.807, 2.05) is 25.5 Å². The van der Waals surface area contributed by atoms with Crippen molar-refractivity contribution in [3.05, 3.63) is 66.7 Å². The molecular weight excluding hydrogens is 486 g/mol. The van der Waals surface area contributed by atoms with Gasteiger partial charge in [-0.15, -0.1) is 0 Å². The lowest BCUT2D eigenvalue weighted by Crippen LogP contribution is -2.53. The number of pyridine rings is 1. The van der Waals surface area contributed by atoms with E-state index in [-0.39, 0.29) is 10.4 Å². The molecule has 2 aliphatic rings. The fourth-order valence-corrected chi connectivity index (χ4v) is 7.34. The minimum absolute atomic E-state index is 0.214. The van der Waals surface area contributed by atoms with Gasteiger partial charge in [-0.3, -0.25) is 9.58 Å². The van der Waals surface area contributed by atoms with Crippen LogP contribution in [0.25, 0.3) is 22.2 Å². The van der Waals surface area contributed by atoms with Crippen LogP contribution in [0.15, 0.2) is 66.1 Å². The van der Waals surface area contributed by atoms with Crippen molar-refractivity contribution < 1.29 is 13.2 Å². The SMILES string of the molecule is Cn1cc(-c2cn(S(=O)(=O)c3ccccc3)c3ncc([C@H]4CC[C@](C)(N5CCOCC5)CC4)cc23)cn1. The number of ether oxygens (including phenoxy) is 1. The summed E-state index contributed by atoms with van der Waals surface area (Å²) in [6, 6.07) is 10.7. The Morgan fingerprint density at radius 1 is 1.03 bits per heavy atom. The Balaban J connectivity index is 1.37. The van der Waals surface area contributed by atoms with Crippen LogP contribution in [-0.2, 0) is 21.8 Å². The van der Waals surface area contributed by atoms with Gasteiger partial charge < -0.3 is 4.74 Å². The first-order valence-corrected chi connectivity index (χ1v) is 14.4. The maximum absolute atomic E-state index is 13.6. The summed E-state index contributed by atoms with van der Waals surface area (Å²) in [5.74, 6) is 0.404. The van der Waals surface area contributed by atoms with Crippen LogP contribution in [0.1, 0.15) is 44.1 Å². The zero-order valence-corrected chi connectivity index (χ0v) is 22.2. The van der Waals surface area contributed by atoms with E-state index < -0.39 is 10.0 Å². The second kappa shape index (κ2) is 9.38. The molecule has 1 saturated heterocycles. The predicted molar refractivity (Wildman–Crippen MR) is 143 cm³/mol. The van der Waals surface area contributed by atoms with E-state index in [0.717, 1.165) is 68.5 Å². The average molecular weight is 520 g/mol.